The van der Waals surface area contributed by atoms with Crippen LogP contribution in [-0.2, 0) is 0 Å². The number of carbonyl (C=O) groups excluding carboxylic acids is 1. The molecule has 5 aromatic rings. The molecule has 1 aromatic heterocycles. The topological polar surface area (TPSA) is 87.2 Å². The van der Waals surface area contributed by atoms with Gasteiger partial charge in [0.2, 0.25) is 0 Å². The highest BCUT2D eigenvalue weighted by molar-refractivity contribution is 6.31. The van der Waals surface area contributed by atoms with Crippen LogP contribution < -0.4 is 10.1 Å². The fourth-order valence-electron chi connectivity index (χ4n) is 4.98. The zero-order chi connectivity index (χ0) is 28.2. The number of nitrogens with one attached hydrogen (secondary N) is 2. The van der Waals surface area contributed by atoms with Gasteiger partial charge in [0.1, 0.15) is 17.3 Å². The van der Waals surface area contributed by atoms with E-state index in [9.17, 15) is 9.90 Å². The largest absolute Gasteiger partial charge is 0.508 e. The van der Waals surface area contributed by atoms with Crippen LogP contribution in [0.2, 0.25) is 5.02 Å². The van der Waals surface area contributed by atoms with Crippen molar-refractivity contribution in [3.8, 4) is 28.3 Å². The molecule has 0 fully saturated rings. The monoisotopic (exact) mass is 551 g/mol. The van der Waals surface area contributed by atoms with Crippen LogP contribution in [0.3, 0.4) is 0 Å². The third-order valence-electron chi connectivity index (χ3n) is 6.91. The molecule has 6 nitrogen and oxygen atoms in total. The zero-order valence-corrected chi connectivity index (χ0v) is 23.1. The second-order valence-corrected chi connectivity index (χ2v) is 9.99. The maximum absolute atomic E-state index is 13.5. The summed E-state index contributed by atoms with van der Waals surface area (Å²) in [5.74, 6) is 0.973. The van der Waals surface area contributed by atoms with Crippen molar-refractivity contribution in [1.82, 2.24) is 15.3 Å². The van der Waals surface area contributed by atoms with Crippen LogP contribution in [-0.4, -0.2) is 28.1 Å². The Bertz CT molecular complexity index is 1680. The number of methoxy groups -OCH3 is 1. The molecule has 40 heavy (non-hydrogen) atoms. The lowest BCUT2D eigenvalue weighted by atomic mass is 9.92. The molecule has 0 saturated heterocycles. The van der Waals surface area contributed by atoms with E-state index in [1.165, 1.54) is 0 Å². The van der Waals surface area contributed by atoms with Gasteiger partial charge >= 0.3 is 0 Å². The average Bonchev–Trinajstić information content (AvgIpc) is 3.40. The van der Waals surface area contributed by atoms with Crippen molar-refractivity contribution in [2.45, 2.75) is 25.8 Å². The van der Waals surface area contributed by atoms with E-state index in [1.54, 1.807) is 31.4 Å². The summed E-state index contributed by atoms with van der Waals surface area (Å²) in [7, 11) is 1.62. The number of hydrogen-bond donors (Lipinski definition) is 3. The van der Waals surface area contributed by atoms with Crippen molar-refractivity contribution < 1.29 is 14.6 Å². The predicted octanol–water partition coefficient (Wildman–Crippen LogP) is 8.36. The number of aliphatic hydroxyl groups is 1. The molecule has 1 amide bonds. The van der Waals surface area contributed by atoms with E-state index in [0.29, 0.717) is 27.5 Å². The number of H-pyrrole nitrogens is 1. The number of carbonyl (C=O) groups is 1. The first-order valence-electron chi connectivity index (χ1n) is 13.1. The molecule has 0 aliphatic heterocycles. The average molecular weight is 552 g/mol. The number of nitrogens with zero attached hydrogens (tertiary/aromatic N) is 1. The second kappa shape index (κ2) is 11.7. The molecule has 0 saturated carbocycles. The number of ether oxygens (including phenoxy) is 1. The molecule has 0 spiro atoms. The molecular weight excluding hydrogens is 522 g/mol. The van der Waals surface area contributed by atoms with Gasteiger partial charge in [-0.2, -0.15) is 0 Å². The number of amides is 1. The summed E-state index contributed by atoms with van der Waals surface area (Å²) in [6.45, 7) is 5.85. The molecular formula is C33H30ClN3O3. The van der Waals surface area contributed by atoms with E-state index >= 15 is 0 Å². The summed E-state index contributed by atoms with van der Waals surface area (Å²) in [6, 6.07) is 26.0. The SMILES string of the molecule is C=C(O)c1cc(C(=O)NC(CCC)c2ccccc2OC)ccc1-c1cc(Cl)ccc1-c1nc2ccccc2[nH]1. The molecule has 7 heteroatoms. The quantitative estimate of drug-likeness (QED) is 0.161. The molecule has 0 bridgehead atoms. The first-order chi connectivity index (χ1) is 19.4. The van der Waals surface area contributed by atoms with Gasteiger partial charge in [0.25, 0.3) is 5.91 Å². The smallest absolute Gasteiger partial charge is 0.251 e. The Morgan fingerprint density at radius 2 is 1.77 bits per heavy atom. The lowest BCUT2D eigenvalue weighted by molar-refractivity contribution is 0.0934. The minimum Gasteiger partial charge on any atom is -0.508 e. The fraction of sp³-hybridized carbons (Fsp3) is 0.152. The minimum absolute atomic E-state index is 0.157. The molecule has 0 radical (unpaired) electrons. The molecule has 0 aliphatic rings. The maximum Gasteiger partial charge on any atom is 0.251 e. The molecule has 202 valence electrons. The van der Waals surface area contributed by atoms with Gasteiger partial charge in [-0.05, 0) is 66.1 Å². The van der Waals surface area contributed by atoms with Crippen LogP contribution in [0.25, 0.3) is 39.3 Å². The number of aliphatic hydroxyl groups excluding tert-OH is 1. The highest BCUT2D eigenvalue weighted by atomic mass is 35.5. The summed E-state index contributed by atoms with van der Waals surface area (Å²) in [4.78, 5) is 21.6. The van der Waals surface area contributed by atoms with Crippen LogP contribution in [0.5, 0.6) is 5.75 Å². The van der Waals surface area contributed by atoms with Gasteiger partial charge in [0.05, 0.1) is 24.2 Å². The Morgan fingerprint density at radius 1 is 1.02 bits per heavy atom. The van der Waals surface area contributed by atoms with Crippen LogP contribution in [0.4, 0.5) is 0 Å². The van der Waals surface area contributed by atoms with Crippen LogP contribution in [0, 0.1) is 0 Å². The van der Waals surface area contributed by atoms with E-state index < -0.39 is 0 Å². The lowest BCUT2D eigenvalue weighted by Gasteiger charge is -2.21. The third-order valence-corrected chi connectivity index (χ3v) is 7.14. The number of aromatic nitrogens is 2. The van der Waals surface area contributed by atoms with Gasteiger partial charge < -0.3 is 20.1 Å². The summed E-state index contributed by atoms with van der Waals surface area (Å²) in [5, 5.41) is 14.3. The van der Waals surface area contributed by atoms with Crippen molar-refractivity contribution in [3.05, 3.63) is 113 Å². The van der Waals surface area contributed by atoms with Crippen molar-refractivity contribution in [2.75, 3.05) is 7.11 Å². The van der Waals surface area contributed by atoms with E-state index in [0.717, 1.165) is 46.3 Å². The molecule has 4 aromatic carbocycles. The number of para-hydroxylation sites is 3. The van der Waals surface area contributed by atoms with Gasteiger partial charge in [-0.25, -0.2) is 4.98 Å². The molecule has 3 N–H and O–H groups in total. The number of imidazole rings is 1. The van der Waals surface area contributed by atoms with Crippen molar-refractivity contribution in [3.63, 3.8) is 0 Å². The first-order valence-corrected chi connectivity index (χ1v) is 13.5. The summed E-state index contributed by atoms with van der Waals surface area (Å²) in [5.41, 5.74) is 5.73. The Balaban J connectivity index is 1.54. The van der Waals surface area contributed by atoms with Crippen molar-refractivity contribution in [2.24, 2.45) is 0 Å². The van der Waals surface area contributed by atoms with E-state index in [-0.39, 0.29) is 17.7 Å². The highest BCUT2D eigenvalue weighted by Crippen LogP contribution is 2.38. The Hall–Kier alpha value is -4.55. The standard InChI is InChI=1S/C33H30ClN3O3/c1-4-9-28(25-10-5-8-13-31(25)40-3)37-33(39)21-14-16-23(26(18-21)20(2)38)27-19-22(34)15-17-24(27)32-35-29-11-6-7-12-30(29)36-32/h5-8,10-19,28,38H,2,4,9H2,1,3H3,(H,35,36)(H,37,39). The number of fused-ring (bicyclic) bond motifs is 1. The maximum atomic E-state index is 13.5. The Labute approximate surface area is 238 Å². The predicted molar refractivity (Wildman–Crippen MR) is 162 cm³/mol. The normalized spacial score (nSPS) is 11.8. The molecule has 1 atom stereocenters. The second-order valence-electron chi connectivity index (χ2n) is 9.56. The van der Waals surface area contributed by atoms with Gasteiger partial charge in [0.15, 0.2) is 0 Å². The number of aromatic amines is 1. The van der Waals surface area contributed by atoms with Crippen LogP contribution >= 0.6 is 11.6 Å². The number of halogens is 1. The third kappa shape index (κ3) is 5.44. The number of hydrogen-bond acceptors (Lipinski definition) is 4. The first kappa shape index (κ1) is 27.0. The summed E-state index contributed by atoms with van der Waals surface area (Å²) >= 11 is 6.43. The molecule has 0 aliphatic carbocycles. The molecule has 5 rings (SSSR count). The van der Waals surface area contributed by atoms with Gasteiger partial charge in [0, 0.05) is 27.3 Å². The van der Waals surface area contributed by atoms with Crippen molar-refractivity contribution in [1.29, 1.82) is 0 Å². The van der Waals surface area contributed by atoms with E-state index in [4.69, 9.17) is 21.3 Å². The fourth-order valence-corrected chi connectivity index (χ4v) is 5.15. The van der Waals surface area contributed by atoms with Gasteiger partial charge in [-0.1, -0.05) is 67.9 Å². The van der Waals surface area contributed by atoms with Crippen LogP contribution in [0.15, 0.2) is 91.5 Å². The highest BCUT2D eigenvalue weighted by Gasteiger charge is 2.21. The zero-order valence-electron chi connectivity index (χ0n) is 22.4. The van der Waals surface area contributed by atoms with E-state index in [1.807, 2.05) is 60.7 Å². The summed E-state index contributed by atoms with van der Waals surface area (Å²) in [6.07, 6.45) is 1.62. The summed E-state index contributed by atoms with van der Waals surface area (Å²) < 4.78 is 5.54. The van der Waals surface area contributed by atoms with Crippen LogP contribution in [0.1, 0.15) is 47.3 Å². The Kier molecular flexibility index (Phi) is 7.89. The van der Waals surface area contributed by atoms with E-state index in [2.05, 4.69) is 23.8 Å². The number of benzene rings is 4. The Morgan fingerprint density at radius 3 is 2.52 bits per heavy atom. The molecule has 1 unspecified atom stereocenters. The van der Waals surface area contributed by atoms with Gasteiger partial charge in [-0.3, -0.25) is 4.79 Å². The number of rotatable bonds is 9. The van der Waals surface area contributed by atoms with Gasteiger partial charge in [-0.15, -0.1) is 0 Å². The lowest BCUT2D eigenvalue weighted by Crippen LogP contribution is -2.29. The van der Waals surface area contributed by atoms with Crippen molar-refractivity contribution >= 4 is 34.3 Å². The minimum atomic E-state index is -0.262. The molecule has 1 heterocycles.